The van der Waals surface area contributed by atoms with Gasteiger partial charge in [-0.25, -0.2) is 0 Å². The first-order valence-corrected chi connectivity index (χ1v) is 4.58. The summed E-state index contributed by atoms with van der Waals surface area (Å²) < 4.78 is 10.9. The largest absolute Gasteiger partial charge is 0.612 e. The Kier molecular flexibility index (Phi) is 2.35. The molecule has 1 aromatic carbocycles. The van der Waals surface area contributed by atoms with Crippen molar-refractivity contribution in [3.05, 3.63) is 29.8 Å². The fourth-order valence-corrected chi connectivity index (χ4v) is 1.34. The molecule has 0 aliphatic rings. The summed E-state index contributed by atoms with van der Waals surface area (Å²) in [4.78, 5) is 0.872. The second-order valence-corrected chi connectivity index (χ2v) is 3.54. The maximum absolute atomic E-state index is 10.9. The highest BCUT2D eigenvalue weighted by Crippen LogP contribution is 2.09. The monoisotopic (exact) mass is 153 g/mol. The smallest absolute Gasteiger partial charge is 0.152 e. The van der Waals surface area contributed by atoms with Crippen LogP contribution in [0.2, 0.25) is 0 Å². The quantitative estimate of drug-likeness (QED) is 0.561. The standard InChI is InChI=1S/C8H9OS/c1-7-4-3-5-8(6-7)10(2)9/h3,5-6H,1-2H3. The lowest BCUT2D eigenvalue weighted by Crippen LogP contribution is -1.96. The molecule has 0 saturated heterocycles. The molecule has 2 heteroatoms. The Bertz CT molecular complexity index is 220. The van der Waals surface area contributed by atoms with E-state index < -0.39 is 11.2 Å². The highest BCUT2D eigenvalue weighted by atomic mass is 32.2. The van der Waals surface area contributed by atoms with Crippen LogP contribution >= 0.6 is 0 Å². The van der Waals surface area contributed by atoms with Gasteiger partial charge in [-0.3, -0.25) is 0 Å². The fraction of sp³-hybridized carbons (Fsp3) is 0.250. The third-order valence-corrected chi connectivity index (χ3v) is 2.17. The van der Waals surface area contributed by atoms with Gasteiger partial charge in [0.1, 0.15) is 6.26 Å². The summed E-state index contributed by atoms with van der Waals surface area (Å²) >= 11 is -0.859. The second kappa shape index (κ2) is 3.08. The SMILES string of the molecule is Cc1[c]ccc([S+](C)[O-])c1. The molecule has 0 fully saturated rings. The van der Waals surface area contributed by atoms with E-state index >= 15 is 0 Å². The molecular formula is C8H9OS. The summed E-state index contributed by atoms with van der Waals surface area (Å²) in [6.07, 6.45) is 1.68. The van der Waals surface area contributed by atoms with E-state index in [4.69, 9.17) is 0 Å². The molecule has 53 valence electrons. The van der Waals surface area contributed by atoms with Crippen LogP contribution in [-0.4, -0.2) is 10.8 Å². The highest BCUT2D eigenvalue weighted by molar-refractivity contribution is 7.90. The Morgan fingerprint density at radius 3 is 2.70 bits per heavy atom. The fourth-order valence-electron chi connectivity index (χ4n) is 0.737. The van der Waals surface area contributed by atoms with Crippen molar-refractivity contribution in [2.75, 3.05) is 6.26 Å². The molecule has 0 aliphatic carbocycles. The Hall–Kier alpha value is -0.470. The first-order valence-electron chi connectivity index (χ1n) is 3.02. The molecule has 1 unspecified atom stereocenters. The van der Waals surface area contributed by atoms with E-state index in [1.807, 2.05) is 19.1 Å². The zero-order valence-corrected chi connectivity index (χ0v) is 6.87. The van der Waals surface area contributed by atoms with Crippen LogP contribution in [0.15, 0.2) is 23.1 Å². The highest BCUT2D eigenvalue weighted by Gasteiger charge is 2.01. The Labute approximate surface area is 64.3 Å². The molecule has 0 N–H and O–H groups in total. The van der Waals surface area contributed by atoms with Gasteiger partial charge in [0.2, 0.25) is 0 Å². The van der Waals surface area contributed by atoms with Crippen LogP contribution in [0.5, 0.6) is 0 Å². The van der Waals surface area contributed by atoms with Crippen LogP contribution in [0.25, 0.3) is 0 Å². The predicted molar refractivity (Wildman–Crippen MR) is 42.3 cm³/mol. The first-order chi connectivity index (χ1) is 4.70. The minimum atomic E-state index is -0.859. The molecule has 10 heavy (non-hydrogen) atoms. The van der Waals surface area contributed by atoms with Gasteiger partial charge in [0, 0.05) is 0 Å². The maximum Gasteiger partial charge on any atom is 0.152 e. The molecule has 0 bridgehead atoms. The van der Waals surface area contributed by atoms with E-state index in [0.29, 0.717) is 0 Å². The normalized spacial score (nSPS) is 13.1. The number of rotatable bonds is 1. The molecule has 0 aromatic heterocycles. The molecule has 1 atom stereocenters. The van der Waals surface area contributed by atoms with Crippen LogP contribution in [-0.2, 0) is 11.2 Å². The van der Waals surface area contributed by atoms with Crippen LogP contribution in [0.4, 0.5) is 0 Å². The van der Waals surface area contributed by atoms with Crippen molar-refractivity contribution in [2.45, 2.75) is 11.8 Å². The average Bonchev–Trinajstić information content (AvgIpc) is 1.88. The van der Waals surface area contributed by atoms with E-state index in [9.17, 15) is 4.55 Å². The number of aryl methyl sites for hydroxylation is 1. The third-order valence-electron chi connectivity index (χ3n) is 1.25. The van der Waals surface area contributed by atoms with Gasteiger partial charge >= 0.3 is 0 Å². The van der Waals surface area contributed by atoms with E-state index in [-0.39, 0.29) is 0 Å². The third kappa shape index (κ3) is 1.75. The molecule has 1 radical (unpaired) electrons. The Morgan fingerprint density at radius 1 is 1.60 bits per heavy atom. The minimum Gasteiger partial charge on any atom is -0.612 e. The molecular weight excluding hydrogens is 144 g/mol. The molecule has 0 saturated carbocycles. The molecule has 0 aliphatic heterocycles. The van der Waals surface area contributed by atoms with Crippen molar-refractivity contribution < 1.29 is 4.55 Å². The molecule has 1 nitrogen and oxygen atoms in total. The van der Waals surface area contributed by atoms with E-state index in [1.54, 1.807) is 12.3 Å². The number of hydrogen-bond donors (Lipinski definition) is 0. The molecule has 0 amide bonds. The van der Waals surface area contributed by atoms with Crippen LogP contribution in [0, 0.1) is 13.0 Å². The zero-order valence-electron chi connectivity index (χ0n) is 6.05. The molecule has 0 spiro atoms. The Morgan fingerprint density at radius 2 is 2.30 bits per heavy atom. The molecule has 0 heterocycles. The van der Waals surface area contributed by atoms with Crippen molar-refractivity contribution in [1.82, 2.24) is 0 Å². The summed E-state index contributed by atoms with van der Waals surface area (Å²) in [5.41, 5.74) is 1.03. The van der Waals surface area contributed by atoms with Crippen molar-refractivity contribution in [1.29, 1.82) is 0 Å². The van der Waals surface area contributed by atoms with Gasteiger partial charge in [-0.15, -0.1) is 0 Å². The van der Waals surface area contributed by atoms with E-state index in [2.05, 4.69) is 6.07 Å². The minimum absolute atomic E-state index is 0.859. The summed E-state index contributed by atoms with van der Waals surface area (Å²) in [5.74, 6) is 0. The summed E-state index contributed by atoms with van der Waals surface area (Å²) in [6, 6.07) is 8.50. The van der Waals surface area contributed by atoms with Crippen molar-refractivity contribution in [2.24, 2.45) is 0 Å². The summed E-state index contributed by atoms with van der Waals surface area (Å²) in [5, 5.41) is 0. The topological polar surface area (TPSA) is 23.1 Å². The summed E-state index contributed by atoms with van der Waals surface area (Å²) in [6.45, 7) is 1.94. The lowest BCUT2D eigenvalue weighted by atomic mass is 10.2. The summed E-state index contributed by atoms with van der Waals surface area (Å²) in [7, 11) is 0. The molecule has 1 rings (SSSR count). The predicted octanol–water partition coefficient (Wildman–Crippen LogP) is 1.53. The zero-order chi connectivity index (χ0) is 7.56. The van der Waals surface area contributed by atoms with Gasteiger partial charge in [-0.05, 0) is 47.9 Å². The van der Waals surface area contributed by atoms with Gasteiger partial charge in [0.15, 0.2) is 4.90 Å². The van der Waals surface area contributed by atoms with Crippen LogP contribution < -0.4 is 0 Å². The maximum atomic E-state index is 10.9. The number of hydrogen-bond acceptors (Lipinski definition) is 1. The van der Waals surface area contributed by atoms with Crippen LogP contribution in [0.1, 0.15) is 5.56 Å². The van der Waals surface area contributed by atoms with Gasteiger partial charge in [0.25, 0.3) is 0 Å². The van der Waals surface area contributed by atoms with Gasteiger partial charge in [-0.1, -0.05) is 0 Å². The average molecular weight is 153 g/mol. The van der Waals surface area contributed by atoms with Crippen molar-refractivity contribution in [3.8, 4) is 0 Å². The lowest BCUT2D eigenvalue weighted by Gasteiger charge is -2.02. The van der Waals surface area contributed by atoms with Crippen LogP contribution in [0.3, 0.4) is 0 Å². The first kappa shape index (κ1) is 7.63. The Balaban J connectivity index is 2.96. The second-order valence-electron chi connectivity index (χ2n) is 2.16. The number of benzene rings is 1. The molecule has 1 aromatic rings. The van der Waals surface area contributed by atoms with Crippen molar-refractivity contribution in [3.63, 3.8) is 0 Å². The van der Waals surface area contributed by atoms with E-state index in [1.165, 1.54) is 0 Å². The van der Waals surface area contributed by atoms with Gasteiger partial charge in [-0.2, -0.15) is 0 Å². The van der Waals surface area contributed by atoms with Crippen molar-refractivity contribution >= 4 is 11.2 Å². The lowest BCUT2D eigenvalue weighted by molar-refractivity contribution is 0.600. The van der Waals surface area contributed by atoms with E-state index in [0.717, 1.165) is 10.5 Å². The van der Waals surface area contributed by atoms with Gasteiger partial charge < -0.3 is 4.55 Å². The van der Waals surface area contributed by atoms with Gasteiger partial charge in [0.05, 0.1) is 0 Å².